The van der Waals surface area contributed by atoms with Gasteiger partial charge in [-0.25, -0.2) is 4.39 Å². The molecule has 1 heterocycles. The van der Waals surface area contributed by atoms with Crippen molar-refractivity contribution >= 4 is 12.4 Å². The monoisotopic (exact) mass is 233 g/mol. The summed E-state index contributed by atoms with van der Waals surface area (Å²) in [7, 11) is 0. The molecule has 1 nitrogen and oxygen atoms in total. The third kappa shape index (κ3) is 3.80. The fourth-order valence-electron chi connectivity index (χ4n) is 1.80. The van der Waals surface area contributed by atoms with E-state index in [0.29, 0.717) is 17.9 Å². The highest BCUT2D eigenvalue weighted by atomic mass is 35.5. The highest BCUT2D eigenvalue weighted by molar-refractivity contribution is 5.85. The summed E-state index contributed by atoms with van der Waals surface area (Å²) < 4.78 is 43.8. The maximum absolute atomic E-state index is 13.4. The molecule has 1 saturated heterocycles. The van der Waals surface area contributed by atoms with Gasteiger partial charge in [0.05, 0.1) is 5.48 Å². The summed E-state index contributed by atoms with van der Waals surface area (Å²) in [6.07, 6.45) is 2.41. The van der Waals surface area contributed by atoms with Crippen molar-refractivity contribution in [2.75, 3.05) is 13.1 Å². The lowest BCUT2D eigenvalue weighted by molar-refractivity contribution is 0.372. The van der Waals surface area contributed by atoms with Crippen molar-refractivity contribution in [3.8, 4) is 0 Å². The van der Waals surface area contributed by atoms with E-state index in [-0.39, 0.29) is 24.5 Å². The Hall–Kier alpha value is -0.600. The van der Waals surface area contributed by atoms with Gasteiger partial charge >= 0.3 is 0 Å². The van der Waals surface area contributed by atoms with Crippen molar-refractivity contribution in [2.45, 2.75) is 19.3 Å². The van der Waals surface area contributed by atoms with Crippen LogP contribution >= 0.6 is 12.4 Å². The van der Waals surface area contributed by atoms with Crippen LogP contribution in [0, 0.1) is 11.7 Å². The Morgan fingerprint density at radius 1 is 1.27 bits per heavy atom. The van der Waals surface area contributed by atoms with Gasteiger partial charge in [0.2, 0.25) is 0 Å². The van der Waals surface area contributed by atoms with Gasteiger partial charge in [0.15, 0.2) is 0 Å². The molecule has 3 heteroatoms. The number of rotatable bonds is 2. The third-order valence-electron chi connectivity index (χ3n) is 2.60. The standard InChI is InChI=1S/C12H16FN.ClH/c13-12-3-1-10(2-4-12)9-11-5-7-14-8-6-11;/h1-4,11,14H,5-9H2;1H/i1D,2D,3D,4D;. The molecule has 1 aliphatic heterocycles. The van der Waals surface area contributed by atoms with Crippen LogP contribution in [-0.2, 0) is 6.42 Å². The van der Waals surface area contributed by atoms with Crippen LogP contribution in [0.1, 0.15) is 23.9 Å². The highest BCUT2D eigenvalue weighted by Crippen LogP contribution is 2.17. The Morgan fingerprint density at radius 2 is 1.87 bits per heavy atom. The molecule has 15 heavy (non-hydrogen) atoms. The molecule has 0 amide bonds. The quantitative estimate of drug-likeness (QED) is 0.829. The van der Waals surface area contributed by atoms with E-state index in [1.807, 2.05) is 0 Å². The molecule has 0 spiro atoms. The van der Waals surface area contributed by atoms with E-state index in [0.717, 1.165) is 25.9 Å². The molecule has 1 aromatic carbocycles. The van der Waals surface area contributed by atoms with Crippen LogP contribution in [0.4, 0.5) is 4.39 Å². The zero-order valence-electron chi connectivity index (χ0n) is 12.4. The minimum Gasteiger partial charge on any atom is -0.317 e. The van der Waals surface area contributed by atoms with E-state index in [9.17, 15) is 4.39 Å². The molecule has 1 aliphatic rings. The predicted molar refractivity (Wildman–Crippen MR) is 62.9 cm³/mol. The maximum Gasteiger partial charge on any atom is 0.123 e. The first-order valence-electron chi connectivity index (χ1n) is 6.97. The SMILES string of the molecule is Cl.[2H]c1c([2H])c(CC2CCNCC2)c([2H])c([2H])c1F. The van der Waals surface area contributed by atoms with Gasteiger partial charge in [0.25, 0.3) is 0 Å². The first kappa shape index (κ1) is 7.64. The van der Waals surface area contributed by atoms with Crippen LogP contribution in [0.25, 0.3) is 0 Å². The lowest BCUT2D eigenvalue weighted by atomic mass is 9.91. The fraction of sp³-hybridized carbons (Fsp3) is 0.500. The molecular weight excluding hydrogens is 213 g/mol. The summed E-state index contributed by atoms with van der Waals surface area (Å²) in [6, 6.07) is -1.57. The summed E-state index contributed by atoms with van der Waals surface area (Å²) in [6.45, 7) is 1.82. The van der Waals surface area contributed by atoms with Crippen LogP contribution < -0.4 is 5.32 Å². The zero-order chi connectivity index (χ0) is 13.3. The lowest BCUT2D eigenvalue weighted by Crippen LogP contribution is -2.28. The third-order valence-corrected chi connectivity index (χ3v) is 2.60. The van der Waals surface area contributed by atoms with Crippen molar-refractivity contribution in [1.29, 1.82) is 0 Å². The minimum absolute atomic E-state index is 0. The van der Waals surface area contributed by atoms with Gasteiger partial charge in [0.1, 0.15) is 5.82 Å². The fourth-order valence-corrected chi connectivity index (χ4v) is 1.80. The molecule has 0 atom stereocenters. The van der Waals surface area contributed by atoms with Gasteiger partial charge < -0.3 is 5.32 Å². The predicted octanol–water partition coefficient (Wildman–Crippen LogP) is 2.79. The second kappa shape index (κ2) is 6.09. The molecule has 0 bridgehead atoms. The molecule has 0 radical (unpaired) electrons. The zero-order valence-corrected chi connectivity index (χ0v) is 9.22. The van der Waals surface area contributed by atoms with E-state index in [4.69, 9.17) is 5.48 Å². The Kier molecular flexibility index (Phi) is 3.10. The molecule has 0 aromatic heterocycles. The average Bonchev–Trinajstić information content (AvgIpc) is 2.40. The number of benzene rings is 1. The van der Waals surface area contributed by atoms with E-state index < -0.39 is 17.9 Å². The Morgan fingerprint density at radius 3 is 2.47 bits per heavy atom. The topological polar surface area (TPSA) is 12.0 Å². The van der Waals surface area contributed by atoms with Crippen LogP contribution in [0.5, 0.6) is 0 Å². The molecule has 0 saturated carbocycles. The number of hydrogen-bond acceptors (Lipinski definition) is 1. The van der Waals surface area contributed by atoms with Crippen molar-refractivity contribution in [2.24, 2.45) is 5.92 Å². The molecule has 1 aromatic rings. The summed E-state index contributed by atoms with van der Waals surface area (Å²) in [5, 5.41) is 3.23. The van der Waals surface area contributed by atoms with Crippen molar-refractivity contribution < 1.29 is 9.87 Å². The first-order chi connectivity index (χ1) is 8.52. The Bertz CT molecular complexity index is 435. The van der Waals surface area contributed by atoms with Crippen LogP contribution in [0.15, 0.2) is 24.2 Å². The summed E-state index contributed by atoms with van der Waals surface area (Å²) in [5.74, 6) is -0.706. The number of halogens is 2. The number of nitrogens with one attached hydrogen (secondary N) is 1. The van der Waals surface area contributed by atoms with Gasteiger partial charge in [-0.3, -0.25) is 0 Å². The van der Waals surface area contributed by atoms with E-state index in [1.54, 1.807) is 0 Å². The van der Waals surface area contributed by atoms with E-state index >= 15 is 0 Å². The van der Waals surface area contributed by atoms with Gasteiger partial charge in [-0.15, -0.1) is 12.4 Å². The highest BCUT2D eigenvalue weighted by Gasteiger charge is 2.13. The van der Waals surface area contributed by atoms with E-state index in [1.165, 1.54) is 0 Å². The molecule has 84 valence electrons. The van der Waals surface area contributed by atoms with Crippen molar-refractivity contribution in [3.05, 3.63) is 35.6 Å². The van der Waals surface area contributed by atoms with E-state index in [2.05, 4.69) is 5.32 Å². The normalized spacial score (nSPS) is 20.9. The van der Waals surface area contributed by atoms with Crippen LogP contribution in [0.3, 0.4) is 0 Å². The van der Waals surface area contributed by atoms with Crippen LogP contribution in [-0.4, -0.2) is 13.1 Å². The molecular formula is C12H17ClFN. The summed E-state index contributed by atoms with van der Waals surface area (Å²) >= 11 is 0. The second-order valence-corrected chi connectivity index (χ2v) is 3.69. The second-order valence-electron chi connectivity index (χ2n) is 3.69. The lowest BCUT2D eigenvalue weighted by Gasteiger charge is -2.22. The largest absolute Gasteiger partial charge is 0.317 e. The van der Waals surface area contributed by atoms with Gasteiger partial charge in [-0.05, 0) is 55.9 Å². The maximum atomic E-state index is 13.4. The minimum atomic E-state index is -1.06. The number of hydrogen-bond donors (Lipinski definition) is 1. The molecule has 0 aliphatic carbocycles. The summed E-state index contributed by atoms with van der Waals surface area (Å²) in [4.78, 5) is 0. The Labute approximate surface area is 102 Å². The molecule has 1 fully saturated rings. The molecule has 2 rings (SSSR count). The van der Waals surface area contributed by atoms with Crippen molar-refractivity contribution in [1.82, 2.24) is 5.32 Å². The molecule has 0 unspecified atom stereocenters. The molecule has 1 N–H and O–H groups in total. The average molecular weight is 234 g/mol. The summed E-state index contributed by atoms with van der Waals surface area (Å²) in [5.41, 5.74) is 0.346. The van der Waals surface area contributed by atoms with Crippen molar-refractivity contribution in [3.63, 3.8) is 0 Å². The van der Waals surface area contributed by atoms with Gasteiger partial charge in [-0.2, -0.15) is 0 Å². The first-order valence-corrected chi connectivity index (χ1v) is 4.97. The smallest absolute Gasteiger partial charge is 0.123 e. The van der Waals surface area contributed by atoms with Gasteiger partial charge in [0, 0.05) is 0 Å². The van der Waals surface area contributed by atoms with Crippen LogP contribution in [0.2, 0.25) is 0 Å². The van der Waals surface area contributed by atoms with Gasteiger partial charge in [-0.1, -0.05) is 12.1 Å². The number of piperidine rings is 1. The Balaban J connectivity index is 0.00000180.